The third-order valence-electron chi connectivity index (χ3n) is 2.55. The van der Waals surface area contributed by atoms with Gasteiger partial charge in [-0.3, -0.25) is 0 Å². The Morgan fingerprint density at radius 2 is 2.12 bits per heavy atom. The van der Waals surface area contributed by atoms with Gasteiger partial charge in [-0.15, -0.1) is 11.6 Å². The minimum absolute atomic E-state index is 0.208. The SMILES string of the molecule is COc1ccc(CNC(C)CC(C)Cl)cc1Br. The van der Waals surface area contributed by atoms with Crippen LogP contribution in [0.15, 0.2) is 22.7 Å². The molecule has 2 atom stereocenters. The van der Waals surface area contributed by atoms with Gasteiger partial charge in [-0.05, 0) is 53.9 Å². The lowest BCUT2D eigenvalue weighted by atomic mass is 10.1. The van der Waals surface area contributed by atoms with Gasteiger partial charge in [0, 0.05) is 18.0 Å². The summed E-state index contributed by atoms with van der Waals surface area (Å²) in [6.45, 7) is 5.01. The van der Waals surface area contributed by atoms with Crippen LogP contribution in [0.1, 0.15) is 25.8 Å². The van der Waals surface area contributed by atoms with Crippen LogP contribution in [0.2, 0.25) is 0 Å². The molecular formula is C13H19BrClNO. The Morgan fingerprint density at radius 3 is 2.65 bits per heavy atom. The minimum Gasteiger partial charge on any atom is -0.496 e. The zero-order chi connectivity index (χ0) is 12.8. The monoisotopic (exact) mass is 319 g/mol. The van der Waals surface area contributed by atoms with Crippen LogP contribution in [-0.2, 0) is 6.54 Å². The van der Waals surface area contributed by atoms with E-state index in [2.05, 4.69) is 40.3 Å². The Morgan fingerprint density at radius 1 is 1.41 bits per heavy atom. The molecule has 0 radical (unpaired) electrons. The molecule has 2 nitrogen and oxygen atoms in total. The number of halogens is 2. The van der Waals surface area contributed by atoms with Crippen molar-refractivity contribution in [2.24, 2.45) is 0 Å². The molecule has 4 heteroatoms. The summed E-state index contributed by atoms with van der Waals surface area (Å²) in [5, 5.41) is 3.66. The molecule has 1 rings (SSSR count). The standard InChI is InChI=1S/C13H19BrClNO/c1-9(15)6-10(2)16-8-11-4-5-13(17-3)12(14)7-11/h4-5,7,9-10,16H,6,8H2,1-3H3. The summed E-state index contributed by atoms with van der Waals surface area (Å²) in [7, 11) is 1.67. The van der Waals surface area contributed by atoms with Gasteiger partial charge in [0.05, 0.1) is 11.6 Å². The fourth-order valence-electron chi connectivity index (χ4n) is 1.68. The molecule has 1 aromatic carbocycles. The highest BCUT2D eigenvalue weighted by Gasteiger charge is 2.06. The van der Waals surface area contributed by atoms with Crippen molar-refractivity contribution in [2.45, 2.75) is 38.2 Å². The van der Waals surface area contributed by atoms with Gasteiger partial charge in [0.1, 0.15) is 5.75 Å². The van der Waals surface area contributed by atoms with Gasteiger partial charge >= 0.3 is 0 Å². The van der Waals surface area contributed by atoms with Crippen molar-refractivity contribution in [3.8, 4) is 5.75 Å². The molecule has 0 aromatic heterocycles. The van der Waals surface area contributed by atoms with Crippen LogP contribution in [-0.4, -0.2) is 18.5 Å². The van der Waals surface area contributed by atoms with Gasteiger partial charge < -0.3 is 10.1 Å². The number of alkyl halides is 1. The second-order valence-electron chi connectivity index (χ2n) is 4.27. The minimum atomic E-state index is 0.208. The van der Waals surface area contributed by atoms with Crippen molar-refractivity contribution < 1.29 is 4.74 Å². The number of ether oxygens (including phenoxy) is 1. The largest absolute Gasteiger partial charge is 0.496 e. The third-order valence-corrected chi connectivity index (χ3v) is 3.35. The molecule has 0 saturated carbocycles. The van der Waals surface area contributed by atoms with E-state index in [1.807, 2.05) is 13.0 Å². The summed E-state index contributed by atoms with van der Waals surface area (Å²) in [6, 6.07) is 6.52. The van der Waals surface area contributed by atoms with Crippen molar-refractivity contribution >= 4 is 27.5 Å². The van der Waals surface area contributed by atoms with Gasteiger partial charge in [-0.1, -0.05) is 6.07 Å². The summed E-state index contributed by atoms with van der Waals surface area (Å²) in [5.74, 6) is 0.858. The fourth-order valence-corrected chi connectivity index (χ4v) is 2.54. The Balaban J connectivity index is 2.49. The second-order valence-corrected chi connectivity index (χ2v) is 5.87. The maximum Gasteiger partial charge on any atom is 0.133 e. The zero-order valence-electron chi connectivity index (χ0n) is 10.5. The summed E-state index contributed by atoms with van der Waals surface area (Å²) in [6.07, 6.45) is 0.971. The molecule has 17 heavy (non-hydrogen) atoms. The topological polar surface area (TPSA) is 21.3 Å². The Labute approximate surface area is 117 Å². The average Bonchev–Trinajstić information content (AvgIpc) is 2.25. The molecular weight excluding hydrogens is 302 g/mol. The molecule has 0 aliphatic heterocycles. The number of hydrogen-bond acceptors (Lipinski definition) is 2. The molecule has 96 valence electrons. The fraction of sp³-hybridized carbons (Fsp3) is 0.538. The second kappa shape index (κ2) is 7.24. The van der Waals surface area contributed by atoms with Crippen LogP contribution >= 0.6 is 27.5 Å². The summed E-state index contributed by atoms with van der Waals surface area (Å²) >= 11 is 9.44. The highest BCUT2D eigenvalue weighted by atomic mass is 79.9. The van der Waals surface area contributed by atoms with Crippen LogP contribution in [0.25, 0.3) is 0 Å². The molecule has 0 heterocycles. The average molecular weight is 321 g/mol. The smallest absolute Gasteiger partial charge is 0.133 e. The lowest BCUT2D eigenvalue weighted by Gasteiger charge is -2.15. The van der Waals surface area contributed by atoms with E-state index in [1.54, 1.807) is 7.11 Å². The summed E-state index contributed by atoms with van der Waals surface area (Å²) in [4.78, 5) is 0. The van der Waals surface area contributed by atoms with Gasteiger partial charge in [0.25, 0.3) is 0 Å². The van der Waals surface area contributed by atoms with E-state index in [-0.39, 0.29) is 5.38 Å². The van der Waals surface area contributed by atoms with E-state index in [0.717, 1.165) is 23.2 Å². The molecule has 0 saturated heterocycles. The van der Waals surface area contributed by atoms with Gasteiger partial charge in [-0.2, -0.15) is 0 Å². The van der Waals surface area contributed by atoms with Crippen LogP contribution in [0.4, 0.5) is 0 Å². The predicted octanol–water partition coefficient (Wildman–Crippen LogP) is 3.95. The van der Waals surface area contributed by atoms with Crippen molar-refractivity contribution in [3.63, 3.8) is 0 Å². The predicted molar refractivity (Wildman–Crippen MR) is 76.9 cm³/mol. The van der Waals surface area contributed by atoms with Crippen molar-refractivity contribution in [3.05, 3.63) is 28.2 Å². The number of rotatable bonds is 6. The van der Waals surface area contributed by atoms with Gasteiger partial charge in [0.15, 0.2) is 0 Å². The van der Waals surface area contributed by atoms with Crippen LogP contribution < -0.4 is 10.1 Å². The molecule has 0 bridgehead atoms. The Bertz CT molecular complexity index is 357. The van der Waals surface area contributed by atoms with E-state index in [1.165, 1.54) is 5.56 Å². The first kappa shape index (κ1) is 14.8. The first-order chi connectivity index (χ1) is 8.02. The number of methoxy groups -OCH3 is 1. The van der Waals surface area contributed by atoms with E-state index >= 15 is 0 Å². The summed E-state index contributed by atoms with van der Waals surface area (Å²) in [5.41, 5.74) is 1.23. The molecule has 0 spiro atoms. The van der Waals surface area contributed by atoms with E-state index in [4.69, 9.17) is 16.3 Å². The van der Waals surface area contributed by atoms with E-state index in [0.29, 0.717) is 6.04 Å². The molecule has 2 unspecified atom stereocenters. The highest BCUT2D eigenvalue weighted by molar-refractivity contribution is 9.10. The maximum atomic E-state index is 5.96. The Hall–Kier alpha value is -0.250. The number of hydrogen-bond donors (Lipinski definition) is 1. The molecule has 0 amide bonds. The highest BCUT2D eigenvalue weighted by Crippen LogP contribution is 2.25. The van der Waals surface area contributed by atoms with Crippen LogP contribution in [0, 0.1) is 0 Å². The maximum absolute atomic E-state index is 5.96. The van der Waals surface area contributed by atoms with Crippen LogP contribution in [0.3, 0.4) is 0 Å². The summed E-state index contributed by atoms with van der Waals surface area (Å²) < 4.78 is 6.18. The molecule has 1 N–H and O–H groups in total. The van der Waals surface area contributed by atoms with Crippen LogP contribution in [0.5, 0.6) is 5.75 Å². The number of benzene rings is 1. The Kier molecular flexibility index (Phi) is 6.31. The zero-order valence-corrected chi connectivity index (χ0v) is 12.8. The molecule has 0 aliphatic carbocycles. The first-order valence-electron chi connectivity index (χ1n) is 5.72. The number of nitrogens with one attached hydrogen (secondary N) is 1. The van der Waals surface area contributed by atoms with Crippen molar-refractivity contribution in [1.29, 1.82) is 0 Å². The lowest BCUT2D eigenvalue weighted by Crippen LogP contribution is -2.27. The van der Waals surface area contributed by atoms with Crippen molar-refractivity contribution in [2.75, 3.05) is 7.11 Å². The lowest BCUT2D eigenvalue weighted by molar-refractivity contribution is 0.412. The molecule has 1 aromatic rings. The van der Waals surface area contributed by atoms with E-state index < -0.39 is 0 Å². The molecule has 0 aliphatic rings. The normalized spacial score (nSPS) is 14.4. The molecule has 0 fully saturated rings. The first-order valence-corrected chi connectivity index (χ1v) is 6.95. The van der Waals surface area contributed by atoms with Gasteiger partial charge in [0.2, 0.25) is 0 Å². The van der Waals surface area contributed by atoms with E-state index in [9.17, 15) is 0 Å². The van der Waals surface area contributed by atoms with Gasteiger partial charge in [-0.25, -0.2) is 0 Å². The quantitative estimate of drug-likeness (QED) is 0.801. The van der Waals surface area contributed by atoms with Crippen molar-refractivity contribution in [1.82, 2.24) is 5.32 Å². The third kappa shape index (κ3) is 5.28.